The van der Waals surface area contributed by atoms with Gasteiger partial charge in [-0.25, -0.2) is 9.97 Å². The van der Waals surface area contributed by atoms with Crippen LogP contribution in [-0.2, 0) is 0 Å². The van der Waals surface area contributed by atoms with Crippen molar-refractivity contribution < 1.29 is 0 Å². The van der Waals surface area contributed by atoms with Crippen LogP contribution in [0, 0.1) is 0 Å². The lowest BCUT2D eigenvalue weighted by Crippen LogP contribution is -2.70. The van der Waals surface area contributed by atoms with Gasteiger partial charge in [0, 0.05) is 22.5 Å². The third-order valence-electron chi connectivity index (χ3n) is 17.9. The molecule has 12 aromatic carbocycles. The van der Waals surface area contributed by atoms with Gasteiger partial charge in [-0.15, -0.1) is 22.7 Å². The van der Waals surface area contributed by atoms with Crippen LogP contribution in [0.15, 0.2) is 267 Å². The lowest BCUT2D eigenvalue weighted by atomic mass is 9.89. The fraction of sp³-hybridized carbons (Fsp3) is 0. The SMILES string of the molecule is C1=Cc2ccccc2N(c2ccc(-c3cccc4c3-c3c(-c5ccc(N6c7ccccc7C=Cc7ccccc76)cc5)cccc3[Si]43c4cccc(-c5nc6ccccc6s5)c4-c4c(-c5nc6ccccc6s5)cccc43)cc2)c2ccccc21. The van der Waals surface area contributed by atoms with Gasteiger partial charge in [-0.2, -0.15) is 0 Å². The Morgan fingerprint density at radius 2 is 0.576 bits per heavy atom. The smallest absolute Gasteiger partial charge is 0.182 e. The second-order valence-corrected chi connectivity index (χ2v) is 28.0. The highest BCUT2D eigenvalue weighted by Gasteiger charge is 2.56. The molecule has 2 aromatic heterocycles. The molecular formula is C78H48N4S2Si. The Kier molecular flexibility index (Phi) is 10.7. The lowest BCUT2D eigenvalue weighted by molar-refractivity contribution is 1.28. The molecule has 0 saturated carbocycles. The van der Waals surface area contributed by atoms with E-state index in [2.05, 4.69) is 301 Å². The van der Waals surface area contributed by atoms with Gasteiger partial charge in [-0.1, -0.05) is 218 Å². The second kappa shape index (κ2) is 18.9. The minimum absolute atomic E-state index is 1.02. The summed E-state index contributed by atoms with van der Waals surface area (Å²) in [4.78, 5) is 15.7. The zero-order chi connectivity index (χ0) is 55.7. The Bertz CT molecular complexity index is 4680. The quantitative estimate of drug-likeness (QED) is 0.155. The maximum Gasteiger partial charge on any atom is 0.182 e. The van der Waals surface area contributed by atoms with E-state index in [1.165, 1.54) is 108 Å². The van der Waals surface area contributed by atoms with E-state index in [0.717, 1.165) is 55.2 Å². The molecule has 0 bridgehead atoms. The number of hydrogen-bond acceptors (Lipinski definition) is 6. The number of rotatable bonds is 6. The van der Waals surface area contributed by atoms with E-state index in [-0.39, 0.29) is 0 Å². The van der Waals surface area contributed by atoms with Crippen LogP contribution in [0.25, 0.3) is 110 Å². The number of benzene rings is 12. The molecule has 0 unspecified atom stereocenters. The van der Waals surface area contributed by atoms with Gasteiger partial charge < -0.3 is 9.80 Å². The van der Waals surface area contributed by atoms with Gasteiger partial charge in [0.2, 0.25) is 0 Å². The summed E-state index contributed by atoms with van der Waals surface area (Å²) in [6.07, 6.45) is 8.97. The molecule has 0 amide bonds. The van der Waals surface area contributed by atoms with E-state index in [1.54, 1.807) is 22.7 Å². The van der Waals surface area contributed by atoms with E-state index in [9.17, 15) is 0 Å². The van der Waals surface area contributed by atoms with Crippen molar-refractivity contribution >= 4 is 130 Å². The second-order valence-electron chi connectivity index (χ2n) is 22.3. The molecular weight excluding hydrogens is 1090 g/mol. The molecule has 1 spiro atoms. The molecule has 0 N–H and O–H groups in total. The summed E-state index contributed by atoms with van der Waals surface area (Å²) in [7, 11) is -3.21. The number of nitrogens with zero attached hydrogens (tertiary/aromatic N) is 4. The number of aromatic nitrogens is 2. The Hall–Kier alpha value is -10.3. The average Bonchev–Trinajstić information content (AvgIpc) is 1.54. The molecule has 18 rings (SSSR count). The topological polar surface area (TPSA) is 32.3 Å². The summed E-state index contributed by atoms with van der Waals surface area (Å²) in [5.41, 5.74) is 25.9. The number of thiazole rings is 2. The fourth-order valence-corrected chi connectivity index (χ4v) is 22.0. The Balaban J connectivity index is 0.888. The molecule has 396 valence electrons. The molecule has 4 aliphatic rings. The van der Waals surface area contributed by atoms with Crippen LogP contribution in [0.1, 0.15) is 22.3 Å². The third-order valence-corrected chi connectivity index (χ3v) is 24.9. The Morgan fingerprint density at radius 3 is 0.929 bits per heavy atom. The largest absolute Gasteiger partial charge is 0.309 e. The molecule has 0 atom stereocenters. The number of fused-ring (bicyclic) bond motifs is 16. The predicted octanol–water partition coefficient (Wildman–Crippen LogP) is 18.8. The van der Waals surface area contributed by atoms with Crippen molar-refractivity contribution in [3.05, 3.63) is 289 Å². The zero-order valence-electron chi connectivity index (χ0n) is 45.8. The van der Waals surface area contributed by atoms with Crippen LogP contribution in [0.4, 0.5) is 34.1 Å². The van der Waals surface area contributed by atoms with E-state index >= 15 is 0 Å². The van der Waals surface area contributed by atoms with Crippen molar-refractivity contribution in [2.24, 2.45) is 0 Å². The first-order valence-corrected chi connectivity index (χ1v) is 32.6. The highest BCUT2D eigenvalue weighted by atomic mass is 32.1. The van der Waals surface area contributed by atoms with Crippen LogP contribution in [-0.4, -0.2) is 18.0 Å². The Morgan fingerprint density at radius 1 is 0.271 bits per heavy atom. The fourth-order valence-electron chi connectivity index (χ4n) is 14.3. The summed E-state index contributed by atoms with van der Waals surface area (Å²) in [6.45, 7) is 0. The first kappa shape index (κ1) is 48.3. The van der Waals surface area contributed by atoms with Gasteiger partial charge >= 0.3 is 0 Å². The van der Waals surface area contributed by atoms with Crippen molar-refractivity contribution in [2.75, 3.05) is 9.80 Å². The standard InChI is InChI=1S/C78H48N4S2Si/c1-7-27-63-51(17-1)37-38-52-18-2-8-28-64(52)81(63)55-45-41-49(42-46-55)57-21-13-33-69-73(57)74-58(50-43-47-56(48-44-50)82-65-29-9-3-19-53(65)39-40-54-20-4-10-30-66(54)82)22-14-34-70(74)85(69)71-35-15-23-59(77-79-61-25-5-11-31-67(61)83-77)75(71)76-60(24-16-36-72(76)85)78-80-62-26-6-12-32-68(62)84-78/h1-48H. The normalized spacial score (nSPS) is 13.6. The monoisotopic (exact) mass is 1130 g/mol. The molecule has 6 heterocycles. The summed E-state index contributed by atoms with van der Waals surface area (Å²) in [5.74, 6) is 0. The van der Waals surface area contributed by atoms with Crippen molar-refractivity contribution in [2.45, 2.75) is 0 Å². The molecule has 0 radical (unpaired) electrons. The molecule has 7 heteroatoms. The van der Waals surface area contributed by atoms with Crippen LogP contribution in [0.3, 0.4) is 0 Å². The number of anilines is 6. The van der Waals surface area contributed by atoms with E-state index in [0.29, 0.717) is 0 Å². The Labute approximate surface area is 501 Å². The van der Waals surface area contributed by atoms with Gasteiger partial charge in [0.15, 0.2) is 8.07 Å². The minimum Gasteiger partial charge on any atom is -0.309 e. The van der Waals surface area contributed by atoms with E-state index in [4.69, 9.17) is 9.97 Å². The van der Waals surface area contributed by atoms with Gasteiger partial charge in [0.25, 0.3) is 0 Å². The molecule has 4 nitrogen and oxygen atoms in total. The van der Waals surface area contributed by atoms with Crippen LogP contribution < -0.4 is 30.5 Å². The number of hydrogen-bond donors (Lipinski definition) is 0. The summed E-state index contributed by atoms with van der Waals surface area (Å²) in [5, 5.41) is 7.67. The third kappa shape index (κ3) is 7.18. The molecule has 0 saturated heterocycles. The molecule has 0 fully saturated rings. The van der Waals surface area contributed by atoms with E-state index < -0.39 is 8.07 Å². The van der Waals surface area contributed by atoms with Crippen molar-refractivity contribution in [1.29, 1.82) is 0 Å². The lowest BCUT2D eigenvalue weighted by Gasteiger charge is -2.28. The molecule has 4 aliphatic heterocycles. The predicted molar refractivity (Wildman–Crippen MR) is 363 cm³/mol. The summed E-state index contributed by atoms with van der Waals surface area (Å²) >= 11 is 3.57. The minimum atomic E-state index is -3.21. The molecule has 0 aliphatic carbocycles. The highest BCUT2D eigenvalue weighted by molar-refractivity contribution is 7.25. The van der Waals surface area contributed by atoms with Gasteiger partial charge in [-0.3, -0.25) is 0 Å². The van der Waals surface area contributed by atoms with Crippen molar-refractivity contribution in [3.63, 3.8) is 0 Å². The first-order chi connectivity index (χ1) is 42.2. The van der Waals surface area contributed by atoms with Crippen LogP contribution in [0.2, 0.25) is 0 Å². The summed E-state index contributed by atoms with van der Waals surface area (Å²) in [6, 6.07) is 99.3. The van der Waals surface area contributed by atoms with Gasteiger partial charge in [-0.05, 0) is 160 Å². The first-order valence-electron chi connectivity index (χ1n) is 29.0. The van der Waals surface area contributed by atoms with Gasteiger partial charge in [0.05, 0.1) is 43.2 Å². The number of para-hydroxylation sites is 6. The maximum atomic E-state index is 5.43. The molecule has 85 heavy (non-hydrogen) atoms. The van der Waals surface area contributed by atoms with E-state index in [1.807, 2.05) is 0 Å². The maximum absolute atomic E-state index is 5.43. The summed E-state index contributed by atoms with van der Waals surface area (Å²) < 4.78 is 2.37. The highest BCUT2D eigenvalue weighted by Crippen LogP contribution is 2.51. The van der Waals surface area contributed by atoms with Crippen molar-refractivity contribution in [1.82, 2.24) is 9.97 Å². The van der Waals surface area contributed by atoms with Crippen molar-refractivity contribution in [3.8, 4) is 65.6 Å². The molecule has 14 aromatic rings. The van der Waals surface area contributed by atoms with Crippen LogP contribution in [0.5, 0.6) is 0 Å². The average molecular weight is 1130 g/mol. The van der Waals surface area contributed by atoms with Crippen LogP contribution >= 0.6 is 22.7 Å². The van der Waals surface area contributed by atoms with Gasteiger partial charge in [0.1, 0.15) is 10.0 Å². The zero-order valence-corrected chi connectivity index (χ0v) is 48.5.